The van der Waals surface area contributed by atoms with Crippen LogP contribution in [0.15, 0.2) is 47.8 Å². The zero-order chi connectivity index (χ0) is 16.2. The van der Waals surface area contributed by atoms with Crippen LogP contribution in [0, 0.1) is 16.0 Å². The molecule has 1 aromatic rings. The third-order valence-electron chi connectivity index (χ3n) is 4.78. The van der Waals surface area contributed by atoms with E-state index in [1.54, 1.807) is 17.4 Å². The molecule has 23 heavy (non-hydrogen) atoms. The molecular weight excluding hydrogens is 307 g/mol. The molecule has 5 heteroatoms. The smallest absolute Gasteiger partial charge is 0.269 e. The van der Waals surface area contributed by atoms with Crippen molar-refractivity contribution < 1.29 is 4.92 Å². The van der Waals surface area contributed by atoms with Crippen molar-refractivity contribution in [3.05, 3.63) is 63.5 Å². The van der Waals surface area contributed by atoms with E-state index in [1.807, 2.05) is 0 Å². The molecular formula is C18H23N2O2P. The topological polar surface area (TPSA) is 69.2 Å². The summed E-state index contributed by atoms with van der Waals surface area (Å²) >= 11 is 0. The first-order chi connectivity index (χ1) is 11.1. The van der Waals surface area contributed by atoms with Crippen molar-refractivity contribution in [2.75, 3.05) is 12.3 Å². The lowest BCUT2D eigenvalue weighted by Gasteiger charge is -2.28. The molecule has 1 fully saturated rings. The van der Waals surface area contributed by atoms with Gasteiger partial charge in [0.2, 0.25) is 0 Å². The van der Waals surface area contributed by atoms with Gasteiger partial charge in [0.05, 0.1) is 4.92 Å². The van der Waals surface area contributed by atoms with Crippen LogP contribution in [0.2, 0.25) is 0 Å². The molecule has 2 N–H and O–H groups in total. The maximum absolute atomic E-state index is 10.7. The van der Waals surface area contributed by atoms with Crippen LogP contribution in [-0.4, -0.2) is 17.2 Å². The van der Waals surface area contributed by atoms with E-state index in [4.69, 9.17) is 5.73 Å². The molecule has 0 radical (unpaired) electrons. The molecule has 3 rings (SSSR count). The fraction of sp³-hybridized carbons (Fsp3) is 0.444. The predicted octanol–water partition coefficient (Wildman–Crippen LogP) is 4.72. The van der Waals surface area contributed by atoms with E-state index < -0.39 is 0 Å². The number of benzene rings is 1. The van der Waals surface area contributed by atoms with E-state index >= 15 is 0 Å². The van der Waals surface area contributed by atoms with Crippen molar-refractivity contribution >= 4 is 13.6 Å². The van der Waals surface area contributed by atoms with Gasteiger partial charge in [0.25, 0.3) is 5.69 Å². The zero-order valence-corrected chi connectivity index (χ0v) is 14.1. The maximum atomic E-state index is 10.7. The van der Waals surface area contributed by atoms with Crippen LogP contribution in [0.25, 0.3) is 0 Å². The van der Waals surface area contributed by atoms with Crippen molar-refractivity contribution in [2.24, 2.45) is 11.7 Å². The highest BCUT2D eigenvalue weighted by molar-refractivity contribution is 7.62. The lowest BCUT2D eigenvalue weighted by Crippen LogP contribution is -2.20. The van der Waals surface area contributed by atoms with Crippen molar-refractivity contribution in [3.8, 4) is 0 Å². The second-order valence-corrected chi connectivity index (χ2v) is 8.80. The second kappa shape index (κ2) is 7.37. The lowest BCUT2D eigenvalue weighted by molar-refractivity contribution is -0.384. The highest BCUT2D eigenvalue weighted by Gasteiger charge is 2.22. The normalized spacial score (nSPS) is 23.3. The zero-order valence-electron chi connectivity index (χ0n) is 13.2. The number of nitro groups is 1. The van der Waals surface area contributed by atoms with Crippen molar-refractivity contribution in [1.29, 1.82) is 0 Å². The number of hydrogen-bond acceptors (Lipinski definition) is 3. The van der Waals surface area contributed by atoms with Gasteiger partial charge in [0.1, 0.15) is 0 Å². The Bertz CT molecular complexity index is 618. The van der Waals surface area contributed by atoms with Crippen LogP contribution in [0.5, 0.6) is 0 Å². The molecule has 2 unspecified atom stereocenters. The van der Waals surface area contributed by atoms with Crippen molar-refractivity contribution in [3.63, 3.8) is 0 Å². The van der Waals surface area contributed by atoms with Crippen LogP contribution in [-0.2, 0) is 0 Å². The molecule has 0 bridgehead atoms. The minimum absolute atomic E-state index is 0.0644. The SMILES string of the molecule is NC(c1ccc([N+](=O)[O-])cc1)C1C=CC(P2CCCCC2)=CC1. The van der Waals surface area contributed by atoms with Crippen molar-refractivity contribution in [1.82, 2.24) is 0 Å². The summed E-state index contributed by atoms with van der Waals surface area (Å²) in [6, 6.07) is 6.52. The summed E-state index contributed by atoms with van der Waals surface area (Å²) in [5, 5.41) is 12.3. The Hall–Kier alpha value is -1.51. The van der Waals surface area contributed by atoms with Gasteiger partial charge in [-0.25, -0.2) is 0 Å². The highest BCUT2D eigenvalue weighted by Crippen LogP contribution is 2.51. The molecule has 0 saturated carbocycles. The Kier molecular flexibility index (Phi) is 5.24. The second-order valence-electron chi connectivity index (χ2n) is 6.31. The van der Waals surface area contributed by atoms with E-state index in [0.717, 1.165) is 12.0 Å². The van der Waals surface area contributed by atoms with Gasteiger partial charge >= 0.3 is 0 Å². The van der Waals surface area contributed by atoms with Gasteiger partial charge in [-0.2, -0.15) is 0 Å². The van der Waals surface area contributed by atoms with E-state index in [9.17, 15) is 10.1 Å². The Morgan fingerprint density at radius 2 is 1.87 bits per heavy atom. The number of nitrogens with two attached hydrogens (primary N) is 1. The minimum atomic E-state index is -0.378. The number of rotatable bonds is 4. The number of nitro benzene ring substituents is 1. The average molecular weight is 330 g/mol. The summed E-state index contributed by atoms with van der Waals surface area (Å²) in [5.74, 6) is 0.278. The Morgan fingerprint density at radius 1 is 1.17 bits per heavy atom. The van der Waals surface area contributed by atoms with Crippen molar-refractivity contribution in [2.45, 2.75) is 31.7 Å². The van der Waals surface area contributed by atoms with Crippen LogP contribution in [0.4, 0.5) is 5.69 Å². The van der Waals surface area contributed by atoms with Crippen LogP contribution in [0.1, 0.15) is 37.3 Å². The van der Waals surface area contributed by atoms with E-state index in [2.05, 4.69) is 18.2 Å². The Balaban J connectivity index is 1.63. The monoisotopic (exact) mass is 330 g/mol. The van der Waals surface area contributed by atoms with Gasteiger partial charge in [-0.15, -0.1) is 0 Å². The standard InChI is InChI=1S/C18H23N2O2P/c19-18(14-4-8-16(9-5-14)20(21)22)15-6-10-17(11-7-15)23-12-2-1-3-13-23/h4-6,8-11,15,18H,1-3,7,12-13,19H2. The molecule has 1 heterocycles. The molecule has 1 aliphatic carbocycles. The highest BCUT2D eigenvalue weighted by atomic mass is 31.1. The molecule has 122 valence electrons. The average Bonchev–Trinajstić information content (AvgIpc) is 2.62. The number of hydrogen-bond donors (Lipinski definition) is 1. The van der Waals surface area contributed by atoms with E-state index in [1.165, 1.54) is 43.7 Å². The summed E-state index contributed by atoms with van der Waals surface area (Å²) in [4.78, 5) is 10.3. The first kappa shape index (κ1) is 16.4. The summed E-state index contributed by atoms with van der Waals surface area (Å²) in [5.41, 5.74) is 7.45. The maximum Gasteiger partial charge on any atom is 0.269 e. The quantitative estimate of drug-likeness (QED) is 0.493. The summed E-state index contributed by atoms with van der Waals surface area (Å²) in [6.45, 7) is 0. The molecule has 2 aliphatic rings. The Morgan fingerprint density at radius 3 is 2.43 bits per heavy atom. The molecule has 1 saturated heterocycles. The minimum Gasteiger partial charge on any atom is -0.323 e. The van der Waals surface area contributed by atoms with Crippen LogP contribution >= 0.6 is 7.92 Å². The summed E-state index contributed by atoms with van der Waals surface area (Å²) in [6.07, 6.45) is 14.8. The first-order valence-electron chi connectivity index (χ1n) is 8.28. The van der Waals surface area contributed by atoms with Gasteiger partial charge in [-0.1, -0.05) is 44.7 Å². The largest absolute Gasteiger partial charge is 0.323 e. The fourth-order valence-corrected chi connectivity index (χ4v) is 5.96. The number of allylic oxidation sites excluding steroid dienone is 3. The molecule has 1 aliphatic heterocycles. The van der Waals surface area contributed by atoms with Crippen LogP contribution < -0.4 is 5.73 Å². The van der Waals surface area contributed by atoms with Gasteiger partial charge in [0, 0.05) is 18.2 Å². The molecule has 0 amide bonds. The predicted molar refractivity (Wildman–Crippen MR) is 95.9 cm³/mol. The number of nitrogens with zero attached hydrogens (tertiary/aromatic N) is 1. The van der Waals surface area contributed by atoms with E-state index in [-0.39, 0.29) is 30.5 Å². The van der Waals surface area contributed by atoms with Gasteiger partial charge in [-0.3, -0.25) is 10.1 Å². The van der Waals surface area contributed by atoms with Gasteiger partial charge in [-0.05, 0) is 48.4 Å². The molecule has 0 aromatic heterocycles. The third kappa shape index (κ3) is 3.88. The summed E-state index contributed by atoms with van der Waals surface area (Å²) < 4.78 is 0. The fourth-order valence-electron chi connectivity index (χ4n) is 3.34. The lowest BCUT2D eigenvalue weighted by atomic mass is 9.88. The van der Waals surface area contributed by atoms with Crippen LogP contribution in [0.3, 0.4) is 0 Å². The third-order valence-corrected chi connectivity index (χ3v) is 7.56. The molecule has 1 aromatic carbocycles. The first-order valence-corrected chi connectivity index (χ1v) is 9.99. The Labute approximate surface area is 138 Å². The summed E-state index contributed by atoms with van der Waals surface area (Å²) in [7, 11) is 0.0644. The molecule has 2 atom stereocenters. The molecule has 4 nitrogen and oxygen atoms in total. The van der Waals surface area contributed by atoms with Gasteiger partial charge < -0.3 is 5.73 Å². The number of non-ortho nitro benzene ring substituents is 1. The van der Waals surface area contributed by atoms with Gasteiger partial charge in [0.15, 0.2) is 0 Å². The molecule has 0 spiro atoms. The van der Waals surface area contributed by atoms with E-state index in [0.29, 0.717) is 0 Å².